The van der Waals surface area contributed by atoms with E-state index in [1.54, 1.807) is 13.2 Å². The van der Waals surface area contributed by atoms with Gasteiger partial charge in [0, 0.05) is 12.6 Å². The van der Waals surface area contributed by atoms with E-state index in [2.05, 4.69) is 5.32 Å². The SMILES string of the molecule is COc1ccc(CNC2CC3CCC2C3)cc1O. The highest BCUT2D eigenvalue weighted by Gasteiger charge is 2.38. The molecule has 2 bridgehead atoms. The second-order valence-corrected chi connectivity index (χ2v) is 5.67. The van der Waals surface area contributed by atoms with E-state index < -0.39 is 0 Å². The summed E-state index contributed by atoms with van der Waals surface area (Å²) in [4.78, 5) is 0. The normalized spacial score (nSPS) is 29.7. The maximum absolute atomic E-state index is 9.74. The Kier molecular flexibility index (Phi) is 3.16. The lowest BCUT2D eigenvalue weighted by Gasteiger charge is -2.23. The van der Waals surface area contributed by atoms with Crippen molar-refractivity contribution in [2.24, 2.45) is 11.8 Å². The number of hydrogen-bond donors (Lipinski definition) is 2. The molecule has 2 N–H and O–H groups in total. The average Bonchev–Trinajstić information content (AvgIpc) is 2.98. The third-order valence-electron chi connectivity index (χ3n) is 4.55. The van der Waals surface area contributed by atoms with Crippen molar-refractivity contribution in [2.75, 3.05) is 7.11 Å². The van der Waals surface area contributed by atoms with Gasteiger partial charge in [-0.25, -0.2) is 0 Å². The van der Waals surface area contributed by atoms with E-state index in [0.717, 1.165) is 23.9 Å². The van der Waals surface area contributed by atoms with Gasteiger partial charge in [-0.1, -0.05) is 12.5 Å². The Morgan fingerprint density at radius 1 is 1.33 bits per heavy atom. The Labute approximate surface area is 108 Å². The van der Waals surface area contributed by atoms with Crippen molar-refractivity contribution in [1.29, 1.82) is 0 Å². The number of hydrogen-bond acceptors (Lipinski definition) is 3. The fraction of sp³-hybridized carbons (Fsp3) is 0.600. The number of benzene rings is 1. The van der Waals surface area contributed by atoms with E-state index in [-0.39, 0.29) is 5.75 Å². The van der Waals surface area contributed by atoms with Gasteiger partial charge in [-0.05, 0) is 48.8 Å². The Bertz CT molecular complexity index is 433. The number of aromatic hydroxyl groups is 1. The average molecular weight is 247 g/mol. The van der Waals surface area contributed by atoms with Crippen LogP contribution in [-0.4, -0.2) is 18.3 Å². The predicted molar refractivity (Wildman–Crippen MR) is 70.7 cm³/mol. The molecule has 3 unspecified atom stereocenters. The van der Waals surface area contributed by atoms with Gasteiger partial charge in [0.2, 0.25) is 0 Å². The van der Waals surface area contributed by atoms with Gasteiger partial charge >= 0.3 is 0 Å². The van der Waals surface area contributed by atoms with Crippen LogP contribution in [-0.2, 0) is 6.54 Å². The number of nitrogens with one attached hydrogen (secondary N) is 1. The van der Waals surface area contributed by atoms with Crippen LogP contribution in [0.1, 0.15) is 31.2 Å². The predicted octanol–water partition coefficient (Wildman–Crippen LogP) is 2.68. The molecule has 3 rings (SSSR count). The Morgan fingerprint density at radius 3 is 2.83 bits per heavy atom. The first-order valence-electron chi connectivity index (χ1n) is 6.85. The Balaban J connectivity index is 1.58. The van der Waals surface area contributed by atoms with Crippen LogP contribution in [0.5, 0.6) is 11.5 Å². The minimum absolute atomic E-state index is 0.227. The first kappa shape index (κ1) is 11.8. The summed E-state index contributed by atoms with van der Waals surface area (Å²) in [7, 11) is 1.57. The van der Waals surface area contributed by atoms with Gasteiger partial charge in [0.05, 0.1) is 7.11 Å². The molecule has 3 nitrogen and oxygen atoms in total. The van der Waals surface area contributed by atoms with E-state index in [1.165, 1.54) is 25.7 Å². The molecular formula is C15H21NO2. The second-order valence-electron chi connectivity index (χ2n) is 5.67. The van der Waals surface area contributed by atoms with Crippen molar-refractivity contribution in [2.45, 2.75) is 38.3 Å². The van der Waals surface area contributed by atoms with Crippen LogP contribution in [0.3, 0.4) is 0 Å². The molecule has 3 heteroatoms. The number of rotatable bonds is 4. The highest BCUT2D eigenvalue weighted by atomic mass is 16.5. The second kappa shape index (κ2) is 4.81. The van der Waals surface area contributed by atoms with E-state index in [4.69, 9.17) is 4.74 Å². The van der Waals surface area contributed by atoms with Crippen LogP contribution in [0.2, 0.25) is 0 Å². The lowest BCUT2D eigenvalue weighted by Crippen LogP contribution is -2.33. The molecule has 1 aromatic carbocycles. The monoisotopic (exact) mass is 247 g/mol. The Hall–Kier alpha value is -1.22. The van der Waals surface area contributed by atoms with Crippen LogP contribution in [0.25, 0.3) is 0 Å². The first-order chi connectivity index (χ1) is 8.76. The summed E-state index contributed by atoms with van der Waals surface area (Å²) in [6.45, 7) is 0.839. The molecule has 0 amide bonds. The van der Waals surface area contributed by atoms with E-state index >= 15 is 0 Å². The van der Waals surface area contributed by atoms with Crippen LogP contribution < -0.4 is 10.1 Å². The summed E-state index contributed by atoms with van der Waals surface area (Å²) in [5.41, 5.74) is 1.12. The Morgan fingerprint density at radius 2 is 2.22 bits per heavy atom. The zero-order valence-electron chi connectivity index (χ0n) is 10.9. The van der Waals surface area contributed by atoms with Crippen LogP contribution in [0.15, 0.2) is 18.2 Å². The lowest BCUT2D eigenvalue weighted by molar-refractivity contribution is 0.349. The molecule has 2 fully saturated rings. The van der Waals surface area contributed by atoms with Gasteiger partial charge in [-0.15, -0.1) is 0 Å². The summed E-state index contributed by atoms with van der Waals surface area (Å²) < 4.78 is 5.05. The van der Waals surface area contributed by atoms with Gasteiger partial charge < -0.3 is 15.2 Å². The highest BCUT2D eigenvalue weighted by Crippen LogP contribution is 2.44. The molecule has 3 atom stereocenters. The number of ether oxygens (including phenoxy) is 1. The third-order valence-corrected chi connectivity index (χ3v) is 4.55. The zero-order valence-corrected chi connectivity index (χ0v) is 10.9. The molecule has 0 saturated heterocycles. The maximum atomic E-state index is 9.74. The molecule has 0 aromatic heterocycles. The van der Waals surface area contributed by atoms with Gasteiger partial charge in [0.1, 0.15) is 0 Å². The molecule has 2 saturated carbocycles. The fourth-order valence-electron chi connectivity index (χ4n) is 3.59. The molecule has 1 aromatic rings. The molecule has 0 spiro atoms. The number of methoxy groups -OCH3 is 1. The summed E-state index contributed by atoms with van der Waals surface area (Å²) in [5, 5.41) is 13.4. The third kappa shape index (κ3) is 2.19. The molecule has 98 valence electrons. The van der Waals surface area contributed by atoms with Crippen molar-refractivity contribution < 1.29 is 9.84 Å². The van der Waals surface area contributed by atoms with Crippen LogP contribution >= 0.6 is 0 Å². The zero-order chi connectivity index (χ0) is 12.5. The van der Waals surface area contributed by atoms with Gasteiger partial charge in [-0.2, -0.15) is 0 Å². The maximum Gasteiger partial charge on any atom is 0.160 e. The van der Waals surface area contributed by atoms with Gasteiger partial charge in [0.25, 0.3) is 0 Å². The van der Waals surface area contributed by atoms with Crippen molar-refractivity contribution in [1.82, 2.24) is 5.32 Å². The summed E-state index contributed by atoms with van der Waals surface area (Å²) in [6.07, 6.45) is 5.60. The lowest BCUT2D eigenvalue weighted by atomic mass is 9.95. The molecule has 2 aliphatic rings. The van der Waals surface area contributed by atoms with E-state index in [9.17, 15) is 5.11 Å². The number of phenolic OH excluding ortho intramolecular Hbond substituents is 1. The van der Waals surface area contributed by atoms with Crippen molar-refractivity contribution in [3.63, 3.8) is 0 Å². The minimum Gasteiger partial charge on any atom is -0.504 e. The van der Waals surface area contributed by atoms with E-state index in [0.29, 0.717) is 11.8 Å². The molecular weight excluding hydrogens is 226 g/mol. The fourth-order valence-corrected chi connectivity index (χ4v) is 3.59. The topological polar surface area (TPSA) is 41.5 Å². The molecule has 0 aliphatic heterocycles. The van der Waals surface area contributed by atoms with Gasteiger partial charge in [-0.3, -0.25) is 0 Å². The summed E-state index contributed by atoms with van der Waals surface area (Å²) in [6, 6.07) is 6.32. The van der Waals surface area contributed by atoms with Gasteiger partial charge in [0.15, 0.2) is 11.5 Å². The van der Waals surface area contributed by atoms with Crippen molar-refractivity contribution >= 4 is 0 Å². The molecule has 0 radical (unpaired) electrons. The van der Waals surface area contributed by atoms with Crippen LogP contribution in [0.4, 0.5) is 0 Å². The van der Waals surface area contributed by atoms with Crippen molar-refractivity contribution in [3.8, 4) is 11.5 Å². The largest absolute Gasteiger partial charge is 0.504 e. The quantitative estimate of drug-likeness (QED) is 0.859. The number of fused-ring (bicyclic) bond motifs is 2. The minimum atomic E-state index is 0.227. The van der Waals surface area contributed by atoms with Crippen molar-refractivity contribution in [3.05, 3.63) is 23.8 Å². The smallest absolute Gasteiger partial charge is 0.160 e. The standard InChI is InChI=1S/C15H21NO2/c1-18-15-5-3-11(8-14(15)17)9-16-13-7-10-2-4-12(13)6-10/h3,5,8,10,12-13,16-17H,2,4,6-7,9H2,1H3. The first-order valence-corrected chi connectivity index (χ1v) is 6.85. The van der Waals surface area contributed by atoms with E-state index in [1.807, 2.05) is 12.1 Å². The summed E-state index contributed by atoms with van der Waals surface area (Å²) in [5.74, 6) is 2.63. The highest BCUT2D eigenvalue weighted by molar-refractivity contribution is 5.41. The molecule has 0 heterocycles. The summed E-state index contributed by atoms with van der Waals surface area (Å²) >= 11 is 0. The number of phenols is 1. The van der Waals surface area contributed by atoms with Crippen LogP contribution in [0, 0.1) is 11.8 Å². The molecule has 2 aliphatic carbocycles. The molecule has 18 heavy (non-hydrogen) atoms.